The molecule has 0 N–H and O–H groups in total. The lowest BCUT2D eigenvalue weighted by Crippen LogP contribution is -1.96. The van der Waals surface area contributed by atoms with Gasteiger partial charge in [-0.2, -0.15) is 5.10 Å². The molecule has 1 aromatic carbocycles. The van der Waals surface area contributed by atoms with E-state index in [-0.39, 0.29) is 12.4 Å². The van der Waals surface area contributed by atoms with Crippen molar-refractivity contribution in [2.75, 3.05) is 14.2 Å². The van der Waals surface area contributed by atoms with Crippen LogP contribution in [-0.4, -0.2) is 24.0 Å². The van der Waals surface area contributed by atoms with E-state index in [4.69, 9.17) is 9.47 Å². The number of rotatable bonds is 3. The Morgan fingerprint density at radius 2 is 1.81 bits per heavy atom. The van der Waals surface area contributed by atoms with E-state index < -0.39 is 0 Å². The van der Waals surface area contributed by atoms with Crippen LogP contribution < -0.4 is 9.47 Å². The summed E-state index contributed by atoms with van der Waals surface area (Å²) in [4.78, 5) is 0. The third-order valence-corrected chi connectivity index (χ3v) is 2.45. The maximum atomic E-state index is 5.25. The lowest BCUT2D eigenvalue weighted by molar-refractivity contribution is 0.355. The van der Waals surface area contributed by atoms with Crippen molar-refractivity contribution in [2.45, 2.75) is 13.5 Å². The summed E-state index contributed by atoms with van der Waals surface area (Å²) in [5.74, 6) is 1.47. The Labute approximate surface area is 101 Å². The molecule has 1 aromatic heterocycles. The highest BCUT2D eigenvalue weighted by molar-refractivity contribution is 5.85. The van der Waals surface area contributed by atoms with Crippen LogP contribution in [0, 0.1) is 0 Å². The number of aromatic nitrogens is 2. The number of halogens is 1. The summed E-state index contributed by atoms with van der Waals surface area (Å²) in [6.45, 7) is 2.90. The Morgan fingerprint density at radius 3 is 2.38 bits per heavy atom. The molecule has 16 heavy (non-hydrogen) atoms. The van der Waals surface area contributed by atoms with Crippen molar-refractivity contribution in [3.63, 3.8) is 0 Å². The first kappa shape index (κ1) is 12.6. The van der Waals surface area contributed by atoms with E-state index in [1.807, 2.05) is 23.0 Å². The fraction of sp³-hybridized carbons (Fsp3) is 0.364. The van der Waals surface area contributed by atoms with E-state index in [9.17, 15) is 0 Å². The number of fused-ring (bicyclic) bond motifs is 1. The van der Waals surface area contributed by atoms with Gasteiger partial charge in [-0.1, -0.05) is 0 Å². The largest absolute Gasteiger partial charge is 0.493 e. The Balaban J connectivity index is 0.00000128. The maximum absolute atomic E-state index is 5.25. The fourth-order valence-corrected chi connectivity index (χ4v) is 1.66. The Kier molecular flexibility index (Phi) is 4.01. The first-order chi connectivity index (χ1) is 7.30. The van der Waals surface area contributed by atoms with Gasteiger partial charge in [0, 0.05) is 18.0 Å². The normalized spacial score (nSPS) is 9.94. The highest BCUT2D eigenvalue weighted by Crippen LogP contribution is 2.31. The maximum Gasteiger partial charge on any atom is 0.162 e. The van der Waals surface area contributed by atoms with Gasteiger partial charge < -0.3 is 9.47 Å². The van der Waals surface area contributed by atoms with E-state index in [0.29, 0.717) is 0 Å². The summed E-state index contributed by atoms with van der Waals surface area (Å²) in [6.07, 6.45) is 1.83. The topological polar surface area (TPSA) is 36.3 Å². The second-order valence-electron chi connectivity index (χ2n) is 3.23. The smallest absolute Gasteiger partial charge is 0.162 e. The molecule has 0 saturated carbocycles. The number of ether oxygens (including phenoxy) is 2. The summed E-state index contributed by atoms with van der Waals surface area (Å²) >= 11 is 0. The molecule has 0 fully saturated rings. The van der Waals surface area contributed by atoms with Crippen molar-refractivity contribution in [1.82, 2.24) is 9.78 Å². The highest BCUT2D eigenvalue weighted by Gasteiger charge is 2.08. The number of nitrogens with zero attached hydrogens (tertiary/aromatic N) is 2. The molecule has 0 aliphatic rings. The first-order valence-electron chi connectivity index (χ1n) is 4.87. The number of aryl methyl sites for hydroxylation is 1. The van der Waals surface area contributed by atoms with Crippen molar-refractivity contribution in [1.29, 1.82) is 0 Å². The average Bonchev–Trinajstić information content (AvgIpc) is 2.68. The van der Waals surface area contributed by atoms with Crippen LogP contribution in [-0.2, 0) is 6.54 Å². The molecule has 0 aliphatic carbocycles. The SMILES string of the molecule is CCn1ncc2cc(OC)c(OC)cc21.Cl. The van der Waals surface area contributed by atoms with Gasteiger partial charge >= 0.3 is 0 Å². The molecule has 0 atom stereocenters. The third kappa shape index (κ3) is 1.93. The first-order valence-corrected chi connectivity index (χ1v) is 4.87. The molecule has 0 saturated heterocycles. The zero-order chi connectivity index (χ0) is 10.8. The van der Waals surface area contributed by atoms with Crippen LogP contribution in [0.1, 0.15) is 6.92 Å². The van der Waals surface area contributed by atoms with Gasteiger partial charge in [0.15, 0.2) is 11.5 Å². The van der Waals surface area contributed by atoms with Gasteiger partial charge in [0.2, 0.25) is 0 Å². The van der Waals surface area contributed by atoms with Gasteiger partial charge in [-0.25, -0.2) is 0 Å². The predicted octanol–water partition coefficient (Wildman–Crippen LogP) is 2.50. The Hall–Kier alpha value is -1.42. The van der Waals surface area contributed by atoms with Crippen molar-refractivity contribution in [3.8, 4) is 11.5 Å². The van der Waals surface area contributed by atoms with Gasteiger partial charge in [-0.05, 0) is 13.0 Å². The van der Waals surface area contributed by atoms with Gasteiger partial charge in [-0.3, -0.25) is 4.68 Å². The minimum absolute atomic E-state index is 0. The molecule has 0 bridgehead atoms. The van der Waals surface area contributed by atoms with Gasteiger partial charge in [0.05, 0.1) is 25.9 Å². The van der Waals surface area contributed by atoms with Crippen molar-refractivity contribution in [2.24, 2.45) is 0 Å². The molecule has 4 nitrogen and oxygen atoms in total. The molecule has 88 valence electrons. The second-order valence-corrected chi connectivity index (χ2v) is 3.23. The van der Waals surface area contributed by atoms with Crippen LogP contribution in [0.25, 0.3) is 10.9 Å². The molecule has 5 heteroatoms. The number of hydrogen-bond acceptors (Lipinski definition) is 3. The molecule has 0 amide bonds. The molecular formula is C11H15ClN2O2. The molecule has 0 spiro atoms. The predicted molar refractivity (Wildman–Crippen MR) is 65.8 cm³/mol. The lowest BCUT2D eigenvalue weighted by Gasteiger charge is -2.07. The standard InChI is InChI=1S/C11H14N2O2.ClH/c1-4-13-9-6-11(15-3)10(14-2)5-8(9)7-12-13;/h5-7H,4H2,1-3H3;1H. The van der Waals surface area contributed by atoms with Gasteiger partial charge in [-0.15, -0.1) is 12.4 Å². The minimum atomic E-state index is 0. The van der Waals surface area contributed by atoms with Crippen LogP contribution in [0.2, 0.25) is 0 Å². The van der Waals surface area contributed by atoms with Crippen molar-refractivity contribution >= 4 is 23.3 Å². The summed E-state index contributed by atoms with van der Waals surface area (Å²) in [5, 5.41) is 5.33. The molecule has 0 aliphatic heterocycles. The summed E-state index contributed by atoms with van der Waals surface area (Å²) < 4.78 is 12.4. The molecule has 2 rings (SSSR count). The minimum Gasteiger partial charge on any atom is -0.493 e. The number of hydrogen-bond donors (Lipinski definition) is 0. The van der Waals surface area contributed by atoms with E-state index in [0.717, 1.165) is 28.9 Å². The zero-order valence-electron chi connectivity index (χ0n) is 9.56. The van der Waals surface area contributed by atoms with Gasteiger partial charge in [0.1, 0.15) is 0 Å². The van der Waals surface area contributed by atoms with E-state index in [1.54, 1.807) is 14.2 Å². The highest BCUT2D eigenvalue weighted by atomic mass is 35.5. The van der Waals surface area contributed by atoms with Crippen LogP contribution in [0.3, 0.4) is 0 Å². The molecular weight excluding hydrogens is 228 g/mol. The summed E-state index contributed by atoms with van der Waals surface area (Å²) in [5.41, 5.74) is 1.06. The number of methoxy groups -OCH3 is 2. The van der Waals surface area contributed by atoms with Crippen LogP contribution >= 0.6 is 12.4 Å². The third-order valence-electron chi connectivity index (χ3n) is 2.45. The van der Waals surface area contributed by atoms with E-state index >= 15 is 0 Å². The fourth-order valence-electron chi connectivity index (χ4n) is 1.66. The molecule has 0 unspecified atom stereocenters. The summed E-state index contributed by atoms with van der Waals surface area (Å²) in [6, 6.07) is 3.89. The molecule has 1 heterocycles. The van der Waals surface area contributed by atoms with Crippen LogP contribution in [0.4, 0.5) is 0 Å². The molecule has 2 aromatic rings. The van der Waals surface area contributed by atoms with E-state index in [2.05, 4.69) is 12.0 Å². The van der Waals surface area contributed by atoms with Gasteiger partial charge in [0.25, 0.3) is 0 Å². The van der Waals surface area contributed by atoms with Crippen LogP contribution in [0.5, 0.6) is 11.5 Å². The van der Waals surface area contributed by atoms with E-state index in [1.165, 1.54) is 0 Å². The number of benzene rings is 1. The molecule has 0 radical (unpaired) electrons. The average molecular weight is 243 g/mol. The van der Waals surface area contributed by atoms with Crippen molar-refractivity contribution < 1.29 is 9.47 Å². The summed E-state index contributed by atoms with van der Waals surface area (Å²) in [7, 11) is 3.27. The quantitative estimate of drug-likeness (QED) is 0.830. The Morgan fingerprint density at radius 1 is 1.19 bits per heavy atom. The lowest BCUT2D eigenvalue weighted by atomic mass is 10.2. The van der Waals surface area contributed by atoms with Crippen LogP contribution in [0.15, 0.2) is 18.3 Å². The Bertz CT molecular complexity index is 482. The monoisotopic (exact) mass is 242 g/mol. The van der Waals surface area contributed by atoms with Crippen molar-refractivity contribution in [3.05, 3.63) is 18.3 Å². The zero-order valence-corrected chi connectivity index (χ0v) is 10.4. The second kappa shape index (κ2) is 5.07.